The van der Waals surface area contributed by atoms with Gasteiger partial charge in [-0.15, -0.1) is 0 Å². The monoisotopic (exact) mass is 376 g/mol. The smallest absolute Gasteiger partial charge is 0.407 e. The average Bonchev–Trinajstić information content (AvgIpc) is 2.55. The molecule has 6 heteroatoms. The number of anilines is 1. The van der Waals surface area contributed by atoms with Gasteiger partial charge in [0.05, 0.1) is 0 Å². The predicted molar refractivity (Wildman–Crippen MR) is 104 cm³/mol. The van der Waals surface area contributed by atoms with Gasteiger partial charge in [0.1, 0.15) is 11.7 Å². The van der Waals surface area contributed by atoms with Crippen LogP contribution in [0.3, 0.4) is 0 Å². The first-order valence-electron chi connectivity index (χ1n) is 8.44. The van der Waals surface area contributed by atoms with Gasteiger partial charge in [0, 0.05) is 22.8 Å². The summed E-state index contributed by atoms with van der Waals surface area (Å²) in [6.45, 7) is 5.89. The Balaban J connectivity index is 2.01. The Labute approximate surface area is 159 Å². The summed E-state index contributed by atoms with van der Waals surface area (Å²) in [7, 11) is 0. The highest BCUT2D eigenvalue weighted by Crippen LogP contribution is 2.29. The van der Waals surface area contributed by atoms with Crippen molar-refractivity contribution in [3.05, 3.63) is 64.2 Å². The number of carbonyl (C=O) groups excluding carboxylic acids is 1. The fourth-order valence-electron chi connectivity index (χ4n) is 2.50. The maximum Gasteiger partial charge on any atom is 0.407 e. The van der Waals surface area contributed by atoms with Crippen molar-refractivity contribution in [2.45, 2.75) is 38.9 Å². The van der Waals surface area contributed by atoms with Crippen LogP contribution in [0.2, 0.25) is 5.02 Å². The van der Waals surface area contributed by atoms with Crippen LogP contribution in [0.1, 0.15) is 43.6 Å². The Bertz CT molecular complexity index is 772. The first-order chi connectivity index (χ1) is 12.2. The first-order valence-corrected chi connectivity index (χ1v) is 8.82. The minimum absolute atomic E-state index is 0.438. The molecular weight excluding hydrogens is 352 g/mol. The number of amides is 1. The second-order valence-corrected chi connectivity index (χ2v) is 7.54. The number of hydrogen-bond donors (Lipinski definition) is 3. The van der Waals surface area contributed by atoms with Gasteiger partial charge < -0.3 is 20.9 Å². The van der Waals surface area contributed by atoms with E-state index in [0.717, 1.165) is 5.56 Å². The Morgan fingerprint density at radius 2 is 2.00 bits per heavy atom. The molecule has 1 unspecified atom stereocenters. The molecule has 0 aliphatic rings. The van der Waals surface area contributed by atoms with E-state index in [0.29, 0.717) is 34.8 Å². The largest absolute Gasteiger partial charge is 0.444 e. The van der Waals surface area contributed by atoms with Crippen molar-refractivity contribution in [3.8, 4) is 0 Å². The number of nitrogen functional groups attached to an aromatic ring is 1. The van der Waals surface area contributed by atoms with Gasteiger partial charge in [-0.05, 0) is 56.5 Å². The maximum atomic E-state index is 11.7. The van der Waals surface area contributed by atoms with Gasteiger partial charge in [0.15, 0.2) is 0 Å². The molecule has 0 aliphatic heterocycles. The van der Waals surface area contributed by atoms with Crippen LogP contribution in [0.25, 0.3) is 0 Å². The molecule has 140 valence electrons. The van der Waals surface area contributed by atoms with Gasteiger partial charge in [0.25, 0.3) is 0 Å². The van der Waals surface area contributed by atoms with Crippen LogP contribution in [0.15, 0.2) is 42.5 Å². The van der Waals surface area contributed by atoms with Crippen molar-refractivity contribution in [1.82, 2.24) is 5.32 Å². The van der Waals surface area contributed by atoms with E-state index in [-0.39, 0.29) is 0 Å². The first kappa shape index (κ1) is 20.1. The summed E-state index contributed by atoms with van der Waals surface area (Å²) in [5.74, 6) is 0. The molecule has 1 atom stereocenters. The van der Waals surface area contributed by atoms with E-state index in [1.807, 2.05) is 45.0 Å². The molecule has 0 bridgehead atoms. The summed E-state index contributed by atoms with van der Waals surface area (Å²) < 4.78 is 5.20. The SMILES string of the molecule is CC(C)(C)OC(=O)NCCc1cccc(C(O)c2cc(Cl)ccc2N)c1. The lowest BCUT2D eigenvalue weighted by atomic mass is 9.97. The number of carbonyl (C=O) groups is 1. The molecule has 0 saturated carbocycles. The van der Waals surface area contributed by atoms with Crippen LogP contribution in [-0.4, -0.2) is 23.3 Å². The molecule has 0 aliphatic carbocycles. The topological polar surface area (TPSA) is 84.6 Å². The third-order valence-corrected chi connectivity index (χ3v) is 3.93. The fourth-order valence-corrected chi connectivity index (χ4v) is 2.68. The van der Waals surface area contributed by atoms with Crippen LogP contribution >= 0.6 is 11.6 Å². The number of nitrogens with two attached hydrogens (primary N) is 1. The van der Waals surface area contributed by atoms with Crippen LogP contribution in [0.4, 0.5) is 10.5 Å². The summed E-state index contributed by atoms with van der Waals surface area (Å²) in [6.07, 6.45) is -0.696. The quantitative estimate of drug-likeness (QED) is 0.686. The third-order valence-electron chi connectivity index (χ3n) is 3.69. The molecule has 0 spiro atoms. The van der Waals surface area contributed by atoms with E-state index >= 15 is 0 Å². The molecule has 0 radical (unpaired) electrons. The Hall–Kier alpha value is -2.24. The van der Waals surface area contributed by atoms with Crippen molar-refractivity contribution in [3.63, 3.8) is 0 Å². The van der Waals surface area contributed by atoms with E-state index in [4.69, 9.17) is 22.1 Å². The average molecular weight is 377 g/mol. The normalized spacial score (nSPS) is 12.5. The lowest BCUT2D eigenvalue weighted by molar-refractivity contribution is 0.0528. The molecule has 0 heterocycles. The highest BCUT2D eigenvalue weighted by atomic mass is 35.5. The lowest BCUT2D eigenvalue weighted by Crippen LogP contribution is -2.33. The number of aliphatic hydroxyl groups excluding tert-OH is 1. The Morgan fingerprint density at radius 3 is 2.69 bits per heavy atom. The predicted octanol–water partition coefficient (Wildman–Crippen LogP) is 4.07. The number of rotatable bonds is 5. The zero-order valence-electron chi connectivity index (χ0n) is 15.3. The van der Waals surface area contributed by atoms with Gasteiger partial charge in [-0.2, -0.15) is 0 Å². The van der Waals surface area contributed by atoms with Crippen molar-refractivity contribution in [2.75, 3.05) is 12.3 Å². The summed E-state index contributed by atoms with van der Waals surface area (Å²) in [4.78, 5) is 11.7. The molecular formula is C20H25ClN2O3. The van der Waals surface area contributed by atoms with Gasteiger partial charge in [-0.3, -0.25) is 0 Å². The minimum Gasteiger partial charge on any atom is -0.444 e. The van der Waals surface area contributed by atoms with Gasteiger partial charge in [-0.1, -0.05) is 35.9 Å². The number of aliphatic hydroxyl groups is 1. The fraction of sp³-hybridized carbons (Fsp3) is 0.350. The number of hydrogen-bond acceptors (Lipinski definition) is 4. The number of nitrogens with one attached hydrogen (secondary N) is 1. The molecule has 0 fully saturated rings. The van der Waals surface area contributed by atoms with Crippen LogP contribution in [0, 0.1) is 0 Å². The number of halogens is 1. The lowest BCUT2D eigenvalue weighted by Gasteiger charge is -2.19. The summed E-state index contributed by atoms with van der Waals surface area (Å²) >= 11 is 6.00. The van der Waals surface area contributed by atoms with E-state index in [1.54, 1.807) is 18.2 Å². The minimum atomic E-state index is -0.868. The summed E-state index contributed by atoms with van der Waals surface area (Å²) in [5.41, 5.74) is 8.18. The molecule has 1 amide bonds. The van der Waals surface area contributed by atoms with Gasteiger partial charge >= 0.3 is 6.09 Å². The van der Waals surface area contributed by atoms with E-state index in [1.165, 1.54) is 0 Å². The van der Waals surface area contributed by atoms with Crippen molar-refractivity contribution in [1.29, 1.82) is 0 Å². The third kappa shape index (κ3) is 5.93. The number of benzene rings is 2. The van der Waals surface area contributed by atoms with Crippen LogP contribution in [-0.2, 0) is 11.2 Å². The van der Waals surface area contributed by atoms with Gasteiger partial charge in [-0.25, -0.2) is 4.79 Å². The second-order valence-electron chi connectivity index (χ2n) is 7.10. The van der Waals surface area contributed by atoms with Crippen molar-refractivity contribution >= 4 is 23.4 Å². The number of ether oxygens (including phenoxy) is 1. The van der Waals surface area contributed by atoms with E-state index < -0.39 is 17.8 Å². The van der Waals surface area contributed by atoms with Crippen LogP contribution in [0.5, 0.6) is 0 Å². The number of alkyl carbamates (subject to hydrolysis) is 1. The maximum absolute atomic E-state index is 11.7. The van der Waals surface area contributed by atoms with E-state index in [2.05, 4.69) is 5.32 Å². The standard InChI is InChI=1S/C20H25ClN2O3/c1-20(2,3)26-19(25)23-10-9-13-5-4-6-14(11-13)18(24)16-12-15(21)7-8-17(16)22/h4-8,11-12,18,24H,9-10,22H2,1-3H3,(H,23,25). The summed E-state index contributed by atoms with van der Waals surface area (Å²) in [6, 6.07) is 12.5. The molecule has 4 N–H and O–H groups in total. The van der Waals surface area contributed by atoms with Gasteiger partial charge in [0.2, 0.25) is 0 Å². The summed E-state index contributed by atoms with van der Waals surface area (Å²) in [5, 5.41) is 13.9. The Morgan fingerprint density at radius 1 is 1.27 bits per heavy atom. The highest BCUT2D eigenvalue weighted by molar-refractivity contribution is 6.30. The molecule has 0 saturated heterocycles. The van der Waals surface area contributed by atoms with E-state index in [9.17, 15) is 9.90 Å². The molecule has 26 heavy (non-hydrogen) atoms. The second kappa shape index (κ2) is 8.43. The Kier molecular flexibility index (Phi) is 6.51. The molecule has 2 aromatic carbocycles. The molecule has 2 aromatic rings. The molecule has 2 rings (SSSR count). The zero-order chi connectivity index (χ0) is 19.3. The van der Waals surface area contributed by atoms with Crippen molar-refractivity contribution in [2.24, 2.45) is 0 Å². The van der Waals surface area contributed by atoms with Crippen molar-refractivity contribution < 1.29 is 14.6 Å². The van der Waals surface area contributed by atoms with Crippen LogP contribution < -0.4 is 11.1 Å². The molecule has 0 aromatic heterocycles. The zero-order valence-corrected chi connectivity index (χ0v) is 16.0. The highest BCUT2D eigenvalue weighted by Gasteiger charge is 2.16. The molecule has 5 nitrogen and oxygen atoms in total.